The van der Waals surface area contributed by atoms with Gasteiger partial charge in [0, 0.05) is 44.4 Å². The van der Waals surface area contributed by atoms with Gasteiger partial charge in [0.2, 0.25) is 0 Å². The van der Waals surface area contributed by atoms with Crippen molar-refractivity contribution < 1.29 is 27.5 Å². The number of fused-ring (bicyclic) bond motifs is 1. The molecule has 190 valence electrons. The van der Waals surface area contributed by atoms with Gasteiger partial charge >= 0.3 is 6.18 Å². The number of rotatable bonds is 8. The molecule has 0 spiro atoms. The van der Waals surface area contributed by atoms with Crippen LogP contribution in [-0.2, 0) is 15.2 Å². The molecule has 1 heterocycles. The fraction of sp³-hybridized carbons (Fsp3) is 0.280. The number of alkyl halides is 3. The van der Waals surface area contributed by atoms with Crippen LogP contribution in [-0.4, -0.2) is 43.3 Å². The van der Waals surface area contributed by atoms with E-state index in [2.05, 4.69) is 55.0 Å². The largest absolute Gasteiger partial charge is 0.435 e. The lowest BCUT2D eigenvalue weighted by molar-refractivity contribution is -0.275. The maximum Gasteiger partial charge on any atom is 0.435 e. The quantitative estimate of drug-likeness (QED) is 0.214. The molecule has 1 aliphatic rings. The number of benzene rings is 3. The number of hydrogen-bond acceptors (Lipinski definition) is 5. The molecule has 5 nitrogen and oxygen atoms in total. The number of nitrogens with zero attached hydrogens (tertiary/aromatic N) is 1. The molecule has 0 saturated heterocycles. The Balaban J connectivity index is 1.66. The number of halogens is 5. The Hall–Kier alpha value is -2.08. The van der Waals surface area contributed by atoms with Crippen molar-refractivity contribution in [1.82, 2.24) is 5.32 Å². The molecule has 0 aromatic heterocycles. The zero-order chi connectivity index (χ0) is 25.9. The zero-order valence-corrected chi connectivity index (χ0v) is 22.8. The van der Waals surface area contributed by atoms with Gasteiger partial charge in [-0.3, -0.25) is 4.79 Å². The molecule has 36 heavy (non-hydrogen) atoms. The standard InChI is InChI=1S/C25H21Br2F3N2O3S/c26-16-11-15(12-17(27)13-16)24(25(28,29)30)14-22(32-35-24)20-5-6-21(19-4-2-1-3-18(19)20)23(33)31-7-8-34-9-10-36/h1-6,11-13,36H,7-10,14H2,(H,31,33). The second-order valence-electron chi connectivity index (χ2n) is 8.09. The highest BCUT2D eigenvalue weighted by Gasteiger charge is 2.62. The van der Waals surface area contributed by atoms with Crippen molar-refractivity contribution >= 4 is 66.9 Å². The van der Waals surface area contributed by atoms with Crippen LogP contribution in [0.15, 0.2) is 68.7 Å². The van der Waals surface area contributed by atoms with Gasteiger partial charge in [0.25, 0.3) is 11.5 Å². The lowest BCUT2D eigenvalue weighted by Crippen LogP contribution is -2.42. The molecule has 1 amide bonds. The summed E-state index contributed by atoms with van der Waals surface area (Å²) in [5.41, 5.74) is -1.69. The Morgan fingerprint density at radius 2 is 1.78 bits per heavy atom. The summed E-state index contributed by atoms with van der Waals surface area (Å²) < 4.78 is 49.6. The van der Waals surface area contributed by atoms with Crippen LogP contribution in [0, 0.1) is 0 Å². The smallest absolute Gasteiger partial charge is 0.379 e. The molecule has 1 unspecified atom stereocenters. The van der Waals surface area contributed by atoms with Crippen molar-refractivity contribution in [3.8, 4) is 0 Å². The van der Waals surface area contributed by atoms with E-state index in [0.29, 0.717) is 56.4 Å². The van der Waals surface area contributed by atoms with Gasteiger partial charge in [0.1, 0.15) is 0 Å². The molecule has 1 atom stereocenters. The molecule has 1 N–H and O–H groups in total. The number of carbonyl (C=O) groups is 1. The molecule has 4 rings (SSSR count). The average Bonchev–Trinajstić information content (AvgIpc) is 3.29. The minimum absolute atomic E-state index is 0.0737. The van der Waals surface area contributed by atoms with E-state index in [1.54, 1.807) is 42.5 Å². The van der Waals surface area contributed by atoms with Crippen molar-refractivity contribution in [1.29, 1.82) is 0 Å². The number of carbonyl (C=O) groups excluding carboxylic acids is 1. The van der Waals surface area contributed by atoms with E-state index in [4.69, 9.17) is 9.57 Å². The van der Waals surface area contributed by atoms with Crippen LogP contribution in [0.2, 0.25) is 0 Å². The molecular formula is C25H21Br2F3N2O3S. The highest BCUT2D eigenvalue weighted by molar-refractivity contribution is 9.11. The summed E-state index contributed by atoms with van der Waals surface area (Å²) in [6.07, 6.45) is -5.25. The summed E-state index contributed by atoms with van der Waals surface area (Å²) in [5, 5.41) is 7.91. The number of hydrogen-bond donors (Lipinski definition) is 2. The van der Waals surface area contributed by atoms with Crippen LogP contribution in [0.1, 0.15) is 27.9 Å². The number of amides is 1. The maximum absolute atomic E-state index is 14.4. The van der Waals surface area contributed by atoms with E-state index in [1.165, 1.54) is 12.1 Å². The van der Waals surface area contributed by atoms with Crippen molar-refractivity contribution in [3.63, 3.8) is 0 Å². The topological polar surface area (TPSA) is 59.9 Å². The Labute approximate surface area is 228 Å². The molecule has 3 aromatic rings. The molecular weight excluding hydrogens is 625 g/mol. The summed E-state index contributed by atoms with van der Waals surface area (Å²) in [5.74, 6) is 0.280. The van der Waals surface area contributed by atoms with Crippen molar-refractivity contribution in [3.05, 3.63) is 80.2 Å². The number of thiol groups is 1. The summed E-state index contributed by atoms with van der Waals surface area (Å²) in [6, 6.07) is 14.6. The third-order valence-electron chi connectivity index (χ3n) is 5.76. The van der Waals surface area contributed by atoms with Gasteiger partial charge in [-0.05, 0) is 35.0 Å². The molecule has 0 fully saturated rings. The van der Waals surface area contributed by atoms with Crippen LogP contribution in [0.25, 0.3) is 10.8 Å². The molecule has 3 aromatic carbocycles. The van der Waals surface area contributed by atoms with Gasteiger partial charge in [-0.15, -0.1) is 0 Å². The predicted octanol–water partition coefficient (Wildman–Crippen LogP) is 6.62. The Morgan fingerprint density at radius 3 is 2.44 bits per heavy atom. The van der Waals surface area contributed by atoms with Gasteiger partial charge in [-0.25, -0.2) is 0 Å². The average molecular weight is 646 g/mol. The van der Waals surface area contributed by atoms with Gasteiger partial charge in [-0.2, -0.15) is 25.8 Å². The second kappa shape index (κ2) is 11.1. The van der Waals surface area contributed by atoms with E-state index in [0.717, 1.165) is 0 Å². The van der Waals surface area contributed by atoms with Crippen LogP contribution in [0.3, 0.4) is 0 Å². The monoisotopic (exact) mass is 644 g/mol. The molecule has 11 heteroatoms. The summed E-state index contributed by atoms with van der Waals surface area (Å²) in [7, 11) is 0. The fourth-order valence-electron chi connectivity index (χ4n) is 4.08. The predicted molar refractivity (Wildman–Crippen MR) is 143 cm³/mol. The van der Waals surface area contributed by atoms with E-state index < -0.39 is 18.2 Å². The fourth-order valence-corrected chi connectivity index (χ4v) is 5.51. The number of ether oxygens (including phenoxy) is 1. The molecule has 1 aliphatic heterocycles. The first-order valence-corrected chi connectivity index (χ1v) is 13.2. The van der Waals surface area contributed by atoms with Crippen LogP contribution < -0.4 is 5.32 Å². The van der Waals surface area contributed by atoms with E-state index in [9.17, 15) is 18.0 Å². The molecule has 0 saturated carbocycles. The lowest BCUT2D eigenvalue weighted by Gasteiger charge is -2.29. The normalized spacial score (nSPS) is 17.7. The van der Waals surface area contributed by atoms with Gasteiger partial charge in [0.05, 0.1) is 18.9 Å². The van der Waals surface area contributed by atoms with Crippen LogP contribution in [0.5, 0.6) is 0 Å². The van der Waals surface area contributed by atoms with E-state index >= 15 is 0 Å². The van der Waals surface area contributed by atoms with Gasteiger partial charge in [0.15, 0.2) is 0 Å². The molecule has 0 aliphatic carbocycles. The van der Waals surface area contributed by atoms with Crippen LogP contribution >= 0.6 is 44.5 Å². The number of nitrogens with one attached hydrogen (secondary N) is 1. The highest BCUT2D eigenvalue weighted by Crippen LogP contribution is 2.50. The SMILES string of the molecule is O=C(NCCOCCS)c1ccc(C2=NOC(c3cc(Br)cc(Br)c3)(C(F)(F)F)C2)c2ccccc12. The van der Waals surface area contributed by atoms with Crippen molar-refractivity contribution in [2.75, 3.05) is 25.5 Å². The third kappa shape index (κ3) is 5.44. The van der Waals surface area contributed by atoms with E-state index in [1.807, 2.05) is 0 Å². The first-order valence-electron chi connectivity index (χ1n) is 10.9. The molecule has 0 radical (unpaired) electrons. The maximum atomic E-state index is 14.4. The lowest BCUT2D eigenvalue weighted by atomic mass is 9.85. The highest BCUT2D eigenvalue weighted by atomic mass is 79.9. The van der Waals surface area contributed by atoms with E-state index in [-0.39, 0.29) is 17.2 Å². The van der Waals surface area contributed by atoms with Crippen molar-refractivity contribution in [2.45, 2.75) is 18.2 Å². The van der Waals surface area contributed by atoms with Gasteiger partial charge < -0.3 is 14.9 Å². The second-order valence-corrected chi connectivity index (χ2v) is 10.4. The first-order chi connectivity index (χ1) is 17.2. The Bertz CT molecular complexity index is 1300. The zero-order valence-electron chi connectivity index (χ0n) is 18.7. The Morgan fingerprint density at radius 1 is 1.08 bits per heavy atom. The molecule has 0 bridgehead atoms. The number of oxime groups is 1. The Kier molecular flexibility index (Phi) is 8.33. The first kappa shape index (κ1) is 27.0. The summed E-state index contributed by atoms with van der Waals surface area (Å²) in [4.78, 5) is 18.0. The summed E-state index contributed by atoms with van der Waals surface area (Å²) in [6.45, 7) is 1.15. The minimum atomic E-state index is -4.73. The van der Waals surface area contributed by atoms with Crippen molar-refractivity contribution in [2.24, 2.45) is 5.16 Å². The van der Waals surface area contributed by atoms with Gasteiger partial charge in [-0.1, -0.05) is 67.3 Å². The summed E-state index contributed by atoms with van der Waals surface area (Å²) >= 11 is 10.6. The minimum Gasteiger partial charge on any atom is -0.379 e. The third-order valence-corrected chi connectivity index (χ3v) is 6.86. The van der Waals surface area contributed by atoms with Crippen LogP contribution in [0.4, 0.5) is 13.2 Å².